The Bertz CT molecular complexity index is 187. The van der Waals surface area contributed by atoms with Crippen LogP contribution in [0, 0.1) is 5.92 Å². The van der Waals surface area contributed by atoms with E-state index in [1.807, 2.05) is 13.1 Å². The first kappa shape index (κ1) is 10.2. The second kappa shape index (κ2) is 4.89. The highest BCUT2D eigenvalue weighted by Crippen LogP contribution is 2.08. The molecule has 0 radical (unpaired) electrons. The van der Waals surface area contributed by atoms with Gasteiger partial charge in [-0.25, -0.2) is 0 Å². The number of hydrogen-bond acceptors (Lipinski definition) is 1. The van der Waals surface area contributed by atoms with E-state index in [-0.39, 0.29) is 0 Å². The van der Waals surface area contributed by atoms with Crippen molar-refractivity contribution in [2.45, 2.75) is 20.8 Å². The van der Waals surface area contributed by atoms with Crippen LogP contribution in [-0.4, -0.2) is 13.3 Å². The fourth-order valence-corrected chi connectivity index (χ4v) is 0.815. The van der Waals surface area contributed by atoms with E-state index in [1.54, 1.807) is 7.05 Å². The van der Waals surface area contributed by atoms with Crippen LogP contribution >= 0.6 is 0 Å². The van der Waals surface area contributed by atoms with Gasteiger partial charge < -0.3 is 4.99 Å². The summed E-state index contributed by atoms with van der Waals surface area (Å²) in [5, 5.41) is 0. The average molecular weight is 151 g/mol. The molecule has 0 N–H and O–H groups in total. The molecule has 0 aromatic rings. The summed E-state index contributed by atoms with van der Waals surface area (Å²) in [6, 6.07) is 0. The van der Waals surface area contributed by atoms with E-state index < -0.39 is 0 Å². The lowest BCUT2D eigenvalue weighted by atomic mass is 10.1. The molecule has 0 amide bonds. The van der Waals surface area contributed by atoms with Crippen LogP contribution in [0.15, 0.2) is 28.8 Å². The normalized spacial score (nSPS) is 15.5. The molecule has 1 unspecified atom stereocenters. The molecule has 0 aliphatic carbocycles. The molecule has 0 saturated heterocycles. The molecule has 1 nitrogen and oxygen atoms in total. The van der Waals surface area contributed by atoms with Gasteiger partial charge in [0, 0.05) is 19.2 Å². The third-order valence-corrected chi connectivity index (χ3v) is 1.57. The van der Waals surface area contributed by atoms with Crippen LogP contribution in [0.25, 0.3) is 0 Å². The van der Waals surface area contributed by atoms with E-state index in [0.29, 0.717) is 5.92 Å². The Morgan fingerprint density at radius 1 is 1.45 bits per heavy atom. The summed E-state index contributed by atoms with van der Waals surface area (Å²) in [6.45, 7) is 10.1. The minimum Gasteiger partial charge on any atom is -0.300 e. The molecule has 0 saturated carbocycles. The van der Waals surface area contributed by atoms with Gasteiger partial charge >= 0.3 is 0 Å². The summed E-state index contributed by atoms with van der Waals surface area (Å²) < 4.78 is 0. The first-order valence-electron chi connectivity index (χ1n) is 3.84. The van der Waals surface area contributed by atoms with E-state index in [4.69, 9.17) is 0 Å². The molecular weight excluding hydrogens is 134 g/mol. The molecule has 62 valence electrons. The van der Waals surface area contributed by atoms with E-state index in [9.17, 15) is 0 Å². The van der Waals surface area contributed by atoms with Gasteiger partial charge in [0.05, 0.1) is 0 Å². The van der Waals surface area contributed by atoms with Gasteiger partial charge in [0.1, 0.15) is 0 Å². The van der Waals surface area contributed by atoms with E-state index in [2.05, 4.69) is 31.5 Å². The summed E-state index contributed by atoms with van der Waals surface area (Å²) >= 11 is 0. The van der Waals surface area contributed by atoms with Crippen LogP contribution in [0.1, 0.15) is 20.8 Å². The van der Waals surface area contributed by atoms with E-state index in [1.165, 1.54) is 5.57 Å². The summed E-state index contributed by atoms with van der Waals surface area (Å²) in [4.78, 5) is 3.95. The predicted molar refractivity (Wildman–Crippen MR) is 52.2 cm³/mol. The van der Waals surface area contributed by atoms with Gasteiger partial charge in [-0.3, -0.25) is 0 Å². The molecule has 1 atom stereocenters. The SMILES string of the molecule is C=C(C)/C(C)=C\C(C)/C=N/C. The Hall–Kier alpha value is -0.850. The van der Waals surface area contributed by atoms with Crippen molar-refractivity contribution in [1.29, 1.82) is 0 Å². The number of nitrogens with zero attached hydrogens (tertiary/aromatic N) is 1. The molecule has 0 spiro atoms. The molecule has 1 heteroatoms. The quantitative estimate of drug-likeness (QED) is 0.434. The van der Waals surface area contributed by atoms with Gasteiger partial charge in [-0.05, 0) is 13.8 Å². The van der Waals surface area contributed by atoms with Crippen LogP contribution in [0.5, 0.6) is 0 Å². The summed E-state index contributed by atoms with van der Waals surface area (Å²) in [6.07, 6.45) is 4.09. The zero-order chi connectivity index (χ0) is 8.85. The molecule has 0 aromatic carbocycles. The first-order chi connectivity index (χ1) is 5.07. The molecule has 11 heavy (non-hydrogen) atoms. The smallest absolute Gasteiger partial charge is 0.0273 e. The fraction of sp³-hybridized carbons (Fsp3) is 0.500. The highest BCUT2D eigenvalue weighted by atomic mass is 14.6. The summed E-state index contributed by atoms with van der Waals surface area (Å²) in [5.74, 6) is 0.414. The molecule has 0 aromatic heterocycles. The average Bonchev–Trinajstić information content (AvgIpc) is 1.87. The van der Waals surface area contributed by atoms with Crippen molar-refractivity contribution >= 4 is 6.21 Å². The Labute approximate surface area is 69.5 Å². The van der Waals surface area contributed by atoms with Crippen molar-refractivity contribution in [2.24, 2.45) is 10.9 Å². The molecule has 0 heterocycles. The number of allylic oxidation sites excluding steroid dienone is 3. The maximum absolute atomic E-state index is 3.95. The van der Waals surface area contributed by atoms with Crippen molar-refractivity contribution in [3.8, 4) is 0 Å². The van der Waals surface area contributed by atoms with E-state index >= 15 is 0 Å². The molecule has 0 bridgehead atoms. The Morgan fingerprint density at radius 2 is 2.00 bits per heavy atom. The highest BCUT2D eigenvalue weighted by molar-refractivity contribution is 5.63. The standard InChI is InChI=1S/C10H17N/c1-8(2)10(4)6-9(3)7-11-5/h6-7,9H,1H2,2-5H3/b10-6-,11-7+. The lowest BCUT2D eigenvalue weighted by Crippen LogP contribution is -1.92. The van der Waals surface area contributed by atoms with Crippen LogP contribution in [0.2, 0.25) is 0 Å². The minimum absolute atomic E-state index is 0.414. The third-order valence-electron chi connectivity index (χ3n) is 1.57. The zero-order valence-corrected chi connectivity index (χ0v) is 7.89. The summed E-state index contributed by atoms with van der Waals surface area (Å²) in [7, 11) is 1.79. The largest absolute Gasteiger partial charge is 0.300 e. The summed E-state index contributed by atoms with van der Waals surface area (Å²) in [5.41, 5.74) is 2.37. The highest BCUT2D eigenvalue weighted by Gasteiger charge is 1.94. The zero-order valence-electron chi connectivity index (χ0n) is 7.89. The maximum atomic E-state index is 3.95. The van der Waals surface area contributed by atoms with Crippen LogP contribution in [0.4, 0.5) is 0 Å². The molecule has 0 aliphatic rings. The predicted octanol–water partition coefficient (Wildman–Crippen LogP) is 2.85. The Kier molecular flexibility index (Phi) is 4.51. The van der Waals surface area contributed by atoms with Crippen molar-refractivity contribution in [3.05, 3.63) is 23.8 Å². The minimum atomic E-state index is 0.414. The first-order valence-corrected chi connectivity index (χ1v) is 3.84. The molecule has 0 fully saturated rings. The second-order valence-corrected chi connectivity index (χ2v) is 2.90. The number of hydrogen-bond donors (Lipinski definition) is 0. The third kappa shape index (κ3) is 4.54. The molecule has 0 aliphatic heterocycles. The molecule has 0 rings (SSSR count). The fourth-order valence-electron chi connectivity index (χ4n) is 0.815. The van der Waals surface area contributed by atoms with Gasteiger partial charge in [0.2, 0.25) is 0 Å². The van der Waals surface area contributed by atoms with Crippen LogP contribution < -0.4 is 0 Å². The van der Waals surface area contributed by atoms with Crippen LogP contribution in [0.3, 0.4) is 0 Å². The van der Waals surface area contributed by atoms with Crippen molar-refractivity contribution in [2.75, 3.05) is 7.05 Å². The van der Waals surface area contributed by atoms with Gasteiger partial charge in [0.15, 0.2) is 0 Å². The van der Waals surface area contributed by atoms with Gasteiger partial charge in [-0.15, -0.1) is 0 Å². The second-order valence-electron chi connectivity index (χ2n) is 2.90. The number of rotatable bonds is 3. The lowest BCUT2D eigenvalue weighted by molar-refractivity contribution is 1.00. The topological polar surface area (TPSA) is 12.4 Å². The van der Waals surface area contributed by atoms with Gasteiger partial charge in [-0.2, -0.15) is 0 Å². The Balaban J connectivity index is 4.18. The van der Waals surface area contributed by atoms with Crippen molar-refractivity contribution < 1.29 is 0 Å². The lowest BCUT2D eigenvalue weighted by Gasteiger charge is -2.01. The number of aliphatic imine (C=N–C) groups is 1. The van der Waals surface area contributed by atoms with Gasteiger partial charge in [0.25, 0.3) is 0 Å². The maximum Gasteiger partial charge on any atom is 0.0273 e. The van der Waals surface area contributed by atoms with Gasteiger partial charge in [-0.1, -0.05) is 30.7 Å². The molecular formula is C10H17N. The van der Waals surface area contributed by atoms with Crippen LogP contribution in [-0.2, 0) is 0 Å². The van der Waals surface area contributed by atoms with Crippen molar-refractivity contribution in [1.82, 2.24) is 0 Å². The van der Waals surface area contributed by atoms with E-state index in [0.717, 1.165) is 5.57 Å². The van der Waals surface area contributed by atoms with Crippen molar-refractivity contribution in [3.63, 3.8) is 0 Å². The Morgan fingerprint density at radius 3 is 2.36 bits per heavy atom. The monoisotopic (exact) mass is 151 g/mol.